The second-order valence-corrected chi connectivity index (χ2v) is 3.23. The molecule has 0 saturated carbocycles. The fourth-order valence-electron chi connectivity index (χ4n) is 1.78. The molecule has 3 nitrogen and oxygen atoms in total. The third kappa shape index (κ3) is 1.16. The Bertz CT molecular complexity index is 212. The number of nitrogens with zero attached hydrogens (tertiary/aromatic N) is 1. The van der Waals surface area contributed by atoms with Crippen LogP contribution in [0.5, 0.6) is 0 Å². The molecule has 2 aliphatic rings. The fourth-order valence-corrected chi connectivity index (χ4v) is 1.78. The van der Waals surface area contributed by atoms with Gasteiger partial charge < -0.3 is 10.0 Å². The molecule has 3 heteroatoms. The Kier molecular flexibility index (Phi) is 1.46. The lowest BCUT2D eigenvalue weighted by Crippen LogP contribution is -2.29. The predicted octanol–water partition coefficient (Wildman–Crippen LogP) is -0.0919. The third-order valence-corrected chi connectivity index (χ3v) is 2.32. The van der Waals surface area contributed by atoms with Crippen molar-refractivity contribution in [2.24, 2.45) is 0 Å². The van der Waals surface area contributed by atoms with E-state index in [9.17, 15) is 9.90 Å². The average Bonchev–Trinajstić information content (AvgIpc) is 2.27. The summed E-state index contributed by atoms with van der Waals surface area (Å²) in [7, 11) is 0. The van der Waals surface area contributed by atoms with Gasteiger partial charge in [0.2, 0.25) is 0 Å². The van der Waals surface area contributed by atoms with E-state index in [0.717, 1.165) is 6.42 Å². The summed E-state index contributed by atoms with van der Waals surface area (Å²) in [4.78, 5) is 13.0. The molecule has 2 atom stereocenters. The number of fused-ring (bicyclic) bond motifs is 1. The van der Waals surface area contributed by atoms with Crippen LogP contribution in [-0.2, 0) is 4.79 Å². The molecule has 1 fully saturated rings. The van der Waals surface area contributed by atoms with E-state index >= 15 is 0 Å². The van der Waals surface area contributed by atoms with Crippen LogP contribution in [0.4, 0.5) is 0 Å². The molecular weight excluding hydrogens is 142 g/mol. The summed E-state index contributed by atoms with van der Waals surface area (Å²) < 4.78 is 0. The molecule has 0 aliphatic carbocycles. The number of hydrogen-bond acceptors (Lipinski definition) is 3. The first-order valence-corrected chi connectivity index (χ1v) is 3.90. The Morgan fingerprint density at radius 2 is 2.45 bits per heavy atom. The van der Waals surface area contributed by atoms with Crippen molar-refractivity contribution in [2.75, 3.05) is 6.54 Å². The Morgan fingerprint density at radius 3 is 3.27 bits per heavy atom. The summed E-state index contributed by atoms with van der Waals surface area (Å²) in [6.07, 6.45) is 4.47. The zero-order chi connectivity index (χ0) is 7.84. The lowest BCUT2D eigenvalue weighted by molar-refractivity contribution is -0.116. The zero-order valence-electron chi connectivity index (χ0n) is 6.23. The molecule has 2 unspecified atom stereocenters. The van der Waals surface area contributed by atoms with Gasteiger partial charge in [-0.15, -0.1) is 0 Å². The third-order valence-electron chi connectivity index (χ3n) is 2.32. The SMILES string of the molecule is O=C1C=CN2CC(O)CC2C1. The van der Waals surface area contributed by atoms with Crippen LogP contribution in [0.25, 0.3) is 0 Å². The van der Waals surface area contributed by atoms with Gasteiger partial charge in [0.05, 0.1) is 6.10 Å². The molecular formula is C8H11NO2. The second-order valence-electron chi connectivity index (χ2n) is 3.23. The molecule has 0 aromatic rings. The van der Waals surface area contributed by atoms with Crippen molar-refractivity contribution in [3.05, 3.63) is 12.3 Å². The van der Waals surface area contributed by atoms with E-state index in [4.69, 9.17) is 0 Å². The van der Waals surface area contributed by atoms with Crippen LogP contribution >= 0.6 is 0 Å². The van der Waals surface area contributed by atoms with Gasteiger partial charge in [-0.1, -0.05) is 0 Å². The van der Waals surface area contributed by atoms with Crippen LogP contribution in [0.1, 0.15) is 12.8 Å². The van der Waals surface area contributed by atoms with E-state index in [1.807, 2.05) is 4.90 Å². The Hall–Kier alpha value is -0.830. The number of hydrogen-bond donors (Lipinski definition) is 1. The summed E-state index contributed by atoms with van der Waals surface area (Å²) in [5.74, 6) is 0.181. The Labute approximate surface area is 65.3 Å². The van der Waals surface area contributed by atoms with E-state index in [0.29, 0.717) is 13.0 Å². The van der Waals surface area contributed by atoms with Crippen molar-refractivity contribution in [2.45, 2.75) is 25.0 Å². The average molecular weight is 153 g/mol. The number of aliphatic hydroxyl groups excluding tert-OH is 1. The van der Waals surface area contributed by atoms with Crippen molar-refractivity contribution < 1.29 is 9.90 Å². The number of carbonyl (C=O) groups is 1. The van der Waals surface area contributed by atoms with Crippen molar-refractivity contribution in [1.82, 2.24) is 4.90 Å². The van der Waals surface area contributed by atoms with Gasteiger partial charge in [-0.05, 0) is 12.5 Å². The summed E-state index contributed by atoms with van der Waals surface area (Å²) in [5, 5.41) is 9.26. The second kappa shape index (κ2) is 2.34. The van der Waals surface area contributed by atoms with Gasteiger partial charge in [0.1, 0.15) is 0 Å². The molecule has 2 rings (SSSR count). The summed E-state index contributed by atoms with van der Waals surface area (Å²) in [5.41, 5.74) is 0. The van der Waals surface area contributed by atoms with Crippen LogP contribution < -0.4 is 0 Å². The molecule has 1 saturated heterocycles. The normalized spacial score (nSPS) is 36.1. The molecule has 60 valence electrons. The summed E-state index contributed by atoms with van der Waals surface area (Å²) >= 11 is 0. The van der Waals surface area contributed by atoms with E-state index in [1.165, 1.54) is 0 Å². The maximum atomic E-state index is 10.9. The van der Waals surface area contributed by atoms with E-state index < -0.39 is 0 Å². The van der Waals surface area contributed by atoms with Crippen molar-refractivity contribution >= 4 is 5.78 Å². The molecule has 2 aliphatic heterocycles. The van der Waals surface area contributed by atoms with Gasteiger partial charge >= 0.3 is 0 Å². The van der Waals surface area contributed by atoms with Crippen molar-refractivity contribution in [3.63, 3.8) is 0 Å². The molecule has 0 aromatic heterocycles. The van der Waals surface area contributed by atoms with Gasteiger partial charge in [0.25, 0.3) is 0 Å². The quantitative estimate of drug-likeness (QED) is 0.528. The van der Waals surface area contributed by atoms with Crippen LogP contribution in [0.3, 0.4) is 0 Å². The maximum Gasteiger partial charge on any atom is 0.159 e. The first kappa shape index (κ1) is 6.85. The highest BCUT2D eigenvalue weighted by Crippen LogP contribution is 2.23. The standard InChI is InChI=1S/C8H11NO2/c10-7-1-2-9-5-8(11)4-6(9)3-7/h1-2,6,8,11H,3-5H2. The monoisotopic (exact) mass is 153 g/mol. The number of aliphatic hydroxyl groups is 1. The van der Waals surface area contributed by atoms with Crippen LogP contribution in [-0.4, -0.2) is 34.5 Å². The van der Waals surface area contributed by atoms with Crippen LogP contribution in [0, 0.1) is 0 Å². The van der Waals surface area contributed by atoms with Gasteiger partial charge in [-0.25, -0.2) is 0 Å². The summed E-state index contributed by atoms with van der Waals surface area (Å²) in [6, 6.07) is 0.266. The predicted molar refractivity (Wildman–Crippen MR) is 39.9 cm³/mol. The highest BCUT2D eigenvalue weighted by molar-refractivity contribution is 5.90. The van der Waals surface area contributed by atoms with E-state index in [2.05, 4.69) is 0 Å². The number of rotatable bonds is 0. The topological polar surface area (TPSA) is 40.5 Å². The van der Waals surface area contributed by atoms with Gasteiger partial charge in [-0.3, -0.25) is 4.79 Å². The minimum absolute atomic E-state index is 0.181. The molecule has 0 spiro atoms. The minimum Gasteiger partial charge on any atom is -0.391 e. The number of allylic oxidation sites excluding steroid dienone is 1. The van der Waals surface area contributed by atoms with Gasteiger partial charge in [-0.2, -0.15) is 0 Å². The van der Waals surface area contributed by atoms with Crippen molar-refractivity contribution in [3.8, 4) is 0 Å². The highest BCUT2D eigenvalue weighted by Gasteiger charge is 2.31. The maximum absolute atomic E-state index is 10.9. The molecule has 0 amide bonds. The van der Waals surface area contributed by atoms with Gasteiger partial charge in [0.15, 0.2) is 5.78 Å². The van der Waals surface area contributed by atoms with Crippen LogP contribution in [0.15, 0.2) is 12.3 Å². The number of ketones is 1. The molecule has 11 heavy (non-hydrogen) atoms. The van der Waals surface area contributed by atoms with Gasteiger partial charge in [0, 0.05) is 25.2 Å². The molecule has 0 bridgehead atoms. The number of carbonyl (C=O) groups excluding carboxylic acids is 1. The summed E-state index contributed by atoms with van der Waals surface area (Å²) in [6.45, 7) is 0.689. The lowest BCUT2D eigenvalue weighted by atomic mass is 10.1. The Balaban J connectivity index is 2.13. The Morgan fingerprint density at radius 1 is 1.64 bits per heavy atom. The molecule has 0 radical (unpaired) electrons. The fraction of sp³-hybridized carbons (Fsp3) is 0.625. The smallest absolute Gasteiger partial charge is 0.159 e. The zero-order valence-corrected chi connectivity index (χ0v) is 6.23. The largest absolute Gasteiger partial charge is 0.391 e. The minimum atomic E-state index is -0.240. The molecule has 1 N–H and O–H groups in total. The van der Waals surface area contributed by atoms with E-state index in [1.54, 1.807) is 12.3 Å². The van der Waals surface area contributed by atoms with Crippen molar-refractivity contribution in [1.29, 1.82) is 0 Å². The molecule has 2 heterocycles. The lowest BCUT2D eigenvalue weighted by Gasteiger charge is -2.24. The van der Waals surface area contributed by atoms with Crippen LogP contribution in [0.2, 0.25) is 0 Å². The highest BCUT2D eigenvalue weighted by atomic mass is 16.3. The first-order valence-electron chi connectivity index (χ1n) is 3.90. The molecule has 0 aromatic carbocycles. The first-order chi connectivity index (χ1) is 5.25. The van der Waals surface area contributed by atoms with E-state index in [-0.39, 0.29) is 17.9 Å².